The predicted molar refractivity (Wildman–Crippen MR) is 113 cm³/mol. The number of nitrogens with zero attached hydrogens (tertiary/aromatic N) is 2. The quantitative estimate of drug-likeness (QED) is 0.611. The van der Waals surface area contributed by atoms with Crippen molar-refractivity contribution in [2.75, 3.05) is 14.2 Å². The third kappa shape index (κ3) is 4.96. The molecule has 0 aliphatic heterocycles. The van der Waals surface area contributed by atoms with Crippen LogP contribution in [-0.2, 0) is 6.54 Å². The molecule has 1 amide bonds. The fourth-order valence-corrected chi connectivity index (χ4v) is 3.30. The number of rotatable bonds is 6. The van der Waals surface area contributed by atoms with Gasteiger partial charge in [0.25, 0.3) is 5.91 Å². The van der Waals surface area contributed by atoms with Crippen molar-refractivity contribution in [2.45, 2.75) is 13.5 Å². The highest BCUT2D eigenvalue weighted by atomic mass is 35.5. The van der Waals surface area contributed by atoms with Crippen molar-refractivity contribution in [2.24, 2.45) is 0 Å². The Morgan fingerprint density at radius 2 is 1.76 bits per heavy atom. The van der Waals surface area contributed by atoms with Gasteiger partial charge >= 0.3 is 0 Å². The van der Waals surface area contributed by atoms with E-state index in [4.69, 9.17) is 32.7 Å². The molecule has 0 aliphatic carbocycles. The summed E-state index contributed by atoms with van der Waals surface area (Å²) in [7, 11) is 3.12. The lowest BCUT2D eigenvalue weighted by molar-refractivity contribution is 0.0950. The maximum atomic E-state index is 12.7. The standard InChI is InChI=1S/C21H19Cl2N3O3/c1-12-6-14(9-15(22)7-12)17-10-16(20(23)26-25-17)21(27)24-11-13-4-5-18(28-2)19(8-13)29-3/h4-10H,11H2,1-3H3,(H,24,27). The third-order valence-electron chi connectivity index (χ3n) is 4.23. The first-order chi connectivity index (χ1) is 13.9. The van der Waals surface area contributed by atoms with Gasteiger partial charge < -0.3 is 14.8 Å². The first kappa shape index (κ1) is 20.9. The van der Waals surface area contributed by atoms with E-state index in [1.165, 1.54) is 0 Å². The Morgan fingerprint density at radius 1 is 1.00 bits per heavy atom. The van der Waals surface area contributed by atoms with Crippen LogP contribution in [0, 0.1) is 6.92 Å². The van der Waals surface area contributed by atoms with Gasteiger partial charge in [0.05, 0.1) is 25.5 Å². The van der Waals surface area contributed by atoms with Crippen LogP contribution in [0.5, 0.6) is 11.5 Å². The van der Waals surface area contributed by atoms with Crippen molar-refractivity contribution in [1.82, 2.24) is 15.5 Å². The lowest BCUT2D eigenvalue weighted by Gasteiger charge is -2.11. The Balaban J connectivity index is 1.80. The maximum absolute atomic E-state index is 12.7. The molecule has 3 rings (SSSR count). The molecule has 0 saturated carbocycles. The molecule has 6 nitrogen and oxygen atoms in total. The van der Waals surface area contributed by atoms with Crippen LogP contribution >= 0.6 is 23.2 Å². The van der Waals surface area contributed by atoms with Gasteiger partial charge in [0.15, 0.2) is 16.7 Å². The molecule has 1 aromatic heterocycles. The first-order valence-electron chi connectivity index (χ1n) is 8.71. The zero-order valence-corrected chi connectivity index (χ0v) is 17.6. The van der Waals surface area contributed by atoms with Crippen LogP contribution in [0.1, 0.15) is 21.5 Å². The summed E-state index contributed by atoms with van der Waals surface area (Å²) < 4.78 is 10.5. The van der Waals surface area contributed by atoms with Crippen LogP contribution in [0.4, 0.5) is 0 Å². The van der Waals surface area contributed by atoms with Gasteiger partial charge in [0, 0.05) is 17.1 Å². The Bertz CT molecular complexity index is 1040. The van der Waals surface area contributed by atoms with Crippen molar-refractivity contribution in [3.05, 3.63) is 69.3 Å². The van der Waals surface area contributed by atoms with E-state index in [1.54, 1.807) is 38.5 Å². The fourth-order valence-electron chi connectivity index (χ4n) is 2.83. The zero-order valence-electron chi connectivity index (χ0n) is 16.1. The number of carbonyl (C=O) groups excluding carboxylic acids is 1. The van der Waals surface area contributed by atoms with E-state index in [2.05, 4.69) is 15.5 Å². The lowest BCUT2D eigenvalue weighted by Crippen LogP contribution is -2.23. The molecule has 3 aromatic rings. The van der Waals surface area contributed by atoms with Gasteiger partial charge in [0.2, 0.25) is 0 Å². The molecule has 1 heterocycles. The second kappa shape index (κ2) is 9.11. The number of aromatic nitrogens is 2. The molecule has 1 N–H and O–H groups in total. The number of nitrogens with one attached hydrogen (secondary N) is 1. The van der Waals surface area contributed by atoms with Crippen molar-refractivity contribution in [3.63, 3.8) is 0 Å². The number of hydrogen-bond donors (Lipinski definition) is 1. The van der Waals surface area contributed by atoms with Gasteiger partial charge in [-0.05, 0) is 54.4 Å². The number of benzene rings is 2. The van der Waals surface area contributed by atoms with E-state index < -0.39 is 0 Å². The normalized spacial score (nSPS) is 10.5. The van der Waals surface area contributed by atoms with Crippen LogP contribution in [0.25, 0.3) is 11.3 Å². The number of amides is 1. The average Bonchev–Trinajstić information content (AvgIpc) is 2.71. The fraction of sp³-hybridized carbons (Fsp3) is 0.190. The monoisotopic (exact) mass is 431 g/mol. The van der Waals surface area contributed by atoms with Crippen molar-refractivity contribution < 1.29 is 14.3 Å². The third-order valence-corrected chi connectivity index (χ3v) is 4.73. The Kier molecular flexibility index (Phi) is 6.56. The highest BCUT2D eigenvalue weighted by Gasteiger charge is 2.15. The predicted octanol–water partition coefficient (Wildman–Crippen LogP) is 4.71. The van der Waals surface area contributed by atoms with E-state index >= 15 is 0 Å². The number of halogens is 2. The van der Waals surface area contributed by atoms with Crippen LogP contribution < -0.4 is 14.8 Å². The molecule has 0 bridgehead atoms. The molecule has 0 aliphatic rings. The van der Waals surface area contributed by atoms with Gasteiger partial charge in [-0.15, -0.1) is 10.2 Å². The van der Waals surface area contributed by atoms with Gasteiger partial charge in [-0.2, -0.15) is 0 Å². The van der Waals surface area contributed by atoms with E-state index in [0.717, 1.165) is 16.7 Å². The van der Waals surface area contributed by atoms with E-state index in [1.807, 2.05) is 25.1 Å². The minimum Gasteiger partial charge on any atom is -0.493 e. The molecule has 0 radical (unpaired) electrons. The summed E-state index contributed by atoms with van der Waals surface area (Å²) in [5, 5.41) is 11.4. The molecule has 0 atom stereocenters. The summed E-state index contributed by atoms with van der Waals surface area (Å²) in [6.07, 6.45) is 0. The van der Waals surface area contributed by atoms with Crippen molar-refractivity contribution in [3.8, 4) is 22.8 Å². The van der Waals surface area contributed by atoms with E-state index in [0.29, 0.717) is 22.2 Å². The molecule has 2 aromatic carbocycles. The Labute approximate surface area is 178 Å². The van der Waals surface area contributed by atoms with Gasteiger partial charge in [-0.25, -0.2) is 0 Å². The molecule has 0 unspecified atom stereocenters. The number of methoxy groups -OCH3 is 2. The summed E-state index contributed by atoms with van der Waals surface area (Å²) in [6.45, 7) is 2.21. The Morgan fingerprint density at radius 3 is 2.45 bits per heavy atom. The molecule has 8 heteroatoms. The van der Waals surface area contributed by atoms with Crippen molar-refractivity contribution >= 4 is 29.1 Å². The number of ether oxygens (including phenoxy) is 2. The van der Waals surface area contributed by atoms with Gasteiger partial charge in [-0.1, -0.05) is 29.3 Å². The molecular formula is C21H19Cl2N3O3. The second-order valence-electron chi connectivity index (χ2n) is 6.32. The molecule has 29 heavy (non-hydrogen) atoms. The number of hydrogen-bond acceptors (Lipinski definition) is 5. The summed E-state index contributed by atoms with van der Waals surface area (Å²) in [4.78, 5) is 12.7. The largest absolute Gasteiger partial charge is 0.493 e. The second-order valence-corrected chi connectivity index (χ2v) is 7.12. The minimum atomic E-state index is -0.361. The highest BCUT2D eigenvalue weighted by Crippen LogP contribution is 2.28. The number of carbonyl (C=O) groups is 1. The smallest absolute Gasteiger partial charge is 0.254 e. The van der Waals surface area contributed by atoms with Crippen LogP contribution in [-0.4, -0.2) is 30.3 Å². The van der Waals surface area contributed by atoms with Crippen LogP contribution in [0.15, 0.2) is 42.5 Å². The topological polar surface area (TPSA) is 73.3 Å². The molecule has 0 fully saturated rings. The first-order valence-corrected chi connectivity index (χ1v) is 9.46. The number of aryl methyl sites for hydroxylation is 1. The summed E-state index contributed by atoms with van der Waals surface area (Å²) in [5.74, 6) is 0.839. The lowest BCUT2D eigenvalue weighted by atomic mass is 10.1. The van der Waals surface area contributed by atoms with E-state index in [-0.39, 0.29) is 23.2 Å². The van der Waals surface area contributed by atoms with Crippen LogP contribution in [0.2, 0.25) is 10.2 Å². The molecular weight excluding hydrogens is 413 g/mol. The average molecular weight is 432 g/mol. The SMILES string of the molecule is COc1ccc(CNC(=O)c2cc(-c3cc(C)cc(Cl)c3)nnc2Cl)cc1OC. The van der Waals surface area contributed by atoms with Gasteiger partial charge in [-0.3, -0.25) is 4.79 Å². The van der Waals surface area contributed by atoms with E-state index in [9.17, 15) is 4.79 Å². The van der Waals surface area contributed by atoms with Crippen molar-refractivity contribution in [1.29, 1.82) is 0 Å². The van der Waals surface area contributed by atoms with Gasteiger partial charge in [0.1, 0.15) is 0 Å². The molecule has 0 spiro atoms. The van der Waals surface area contributed by atoms with Crippen LogP contribution in [0.3, 0.4) is 0 Å². The minimum absolute atomic E-state index is 0.0253. The maximum Gasteiger partial charge on any atom is 0.254 e. The zero-order chi connectivity index (χ0) is 21.0. The highest BCUT2D eigenvalue weighted by molar-refractivity contribution is 6.32. The summed E-state index contributed by atoms with van der Waals surface area (Å²) in [5.41, 5.74) is 3.32. The summed E-state index contributed by atoms with van der Waals surface area (Å²) in [6, 6.07) is 12.5. The molecule has 0 saturated heterocycles. The molecule has 150 valence electrons. The summed E-state index contributed by atoms with van der Waals surface area (Å²) >= 11 is 12.2. The Hall–Kier alpha value is -2.83.